The minimum Gasteiger partial charge on any atom is -0.397 e. The van der Waals surface area contributed by atoms with Crippen LogP contribution in [-0.2, 0) is 6.54 Å². The second-order valence-corrected chi connectivity index (χ2v) is 5.41. The SMILES string of the molecule is Nc1ccc(F)cc1Nc1ncc(N)c(NCc2c(F)cccc2F)n1. The fourth-order valence-corrected chi connectivity index (χ4v) is 2.22. The summed E-state index contributed by atoms with van der Waals surface area (Å²) in [6.07, 6.45) is 1.31. The molecular weight excluding hydrogens is 345 g/mol. The van der Waals surface area contributed by atoms with Crippen molar-refractivity contribution in [3.05, 3.63) is 65.6 Å². The van der Waals surface area contributed by atoms with Crippen LogP contribution in [0.3, 0.4) is 0 Å². The number of nitrogen functional groups attached to an aromatic ring is 2. The first kappa shape index (κ1) is 17.3. The van der Waals surface area contributed by atoms with Crippen LogP contribution in [0.15, 0.2) is 42.6 Å². The summed E-state index contributed by atoms with van der Waals surface area (Å²) in [5, 5.41) is 5.53. The van der Waals surface area contributed by atoms with Crippen molar-refractivity contribution in [3.8, 4) is 0 Å². The Labute approximate surface area is 147 Å². The van der Waals surface area contributed by atoms with E-state index >= 15 is 0 Å². The van der Waals surface area contributed by atoms with E-state index in [9.17, 15) is 13.2 Å². The third kappa shape index (κ3) is 3.77. The lowest BCUT2D eigenvalue weighted by Gasteiger charge is -2.12. The minimum absolute atomic E-state index is 0.0907. The van der Waals surface area contributed by atoms with Gasteiger partial charge in [0.1, 0.15) is 17.5 Å². The number of aromatic nitrogens is 2. The first-order valence-corrected chi connectivity index (χ1v) is 7.55. The highest BCUT2D eigenvalue weighted by Crippen LogP contribution is 2.24. The molecule has 0 unspecified atom stereocenters. The van der Waals surface area contributed by atoms with E-state index in [1.165, 1.54) is 30.5 Å². The van der Waals surface area contributed by atoms with E-state index in [0.29, 0.717) is 5.69 Å². The van der Waals surface area contributed by atoms with Crippen molar-refractivity contribution in [2.75, 3.05) is 22.1 Å². The first-order valence-electron chi connectivity index (χ1n) is 7.55. The summed E-state index contributed by atoms with van der Waals surface area (Å²) in [5.41, 5.74) is 12.2. The lowest BCUT2D eigenvalue weighted by molar-refractivity contribution is 0.560. The van der Waals surface area contributed by atoms with Crippen molar-refractivity contribution in [1.82, 2.24) is 9.97 Å². The van der Waals surface area contributed by atoms with Crippen LogP contribution >= 0.6 is 0 Å². The lowest BCUT2D eigenvalue weighted by atomic mass is 10.2. The van der Waals surface area contributed by atoms with Gasteiger partial charge in [0.15, 0.2) is 5.82 Å². The van der Waals surface area contributed by atoms with Crippen LogP contribution in [0.25, 0.3) is 0 Å². The highest BCUT2D eigenvalue weighted by molar-refractivity contribution is 5.71. The number of nitrogens with two attached hydrogens (primary N) is 2. The van der Waals surface area contributed by atoms with Crippen molar-refractivity contribution in [2.24, 2.45) is 0 Å². The van der Waals surface area contributed by atoms with Crippen LogP contribution in [0.1, 0.15) is 5.56 Å². The third-order valence-corrected chi connectivity index (χ3v) is 3.57. The van der Waals surface area contributed by atoms with Crippen molar-refractivity contribution < 1.29 is 13.2 Å². The fourth-order valence-electron chi connectivity index (χ4n) is 2.22. The largest absolute Gasteiger partial charge is 0.397 e. The monoisotopic (exact) mass is 360 g/mol. The van der Waals surface area contributed by atoms with Crippen LogP contribution in [0.5, 0.6) is 0 Å². The molecule has 3 rings (SSSR count). The van der Waals surface area contributed by atoms with Crippen molar-refractivity contribution in [1.29, 1.82) is 0 Å². The van der Waals surface area contributed by atoms with Crippen molar-refractivity contribution >= 4 is 28.8 Å². The zero-order valence-electron chi connectivity index (χ0n) is 13.4. The van der Waals surface area contributed by atoms with Gasteiger partial charge >= 0.3 is 0 Å². The lowest BCUT2D eigenvalue weighted by Crippen LogP contribution is -2.10. The summed E-state index contributed by atoms with van der Waals surface area (Å²) in [4.78, 5) is 8.11. The van der Waals surface area contributed by atoms with Gasteiger partial charge in [-0.3, -0.25) is 0 Å². The number of anilines is 5. The standard InChI is InChI=1S/C17H15F3N6/c18-9-4-5-13(21)15(6-9)25-17-24-8-14(22)16(26-17)23-7-10-11(19)2-1-3-12(10)20/h1-6,8H,7,21-22H2,(H2,23,24,25,26). The Kier molecular flexibility index (Phi) is 4.78. The van der Waals surface area contributed by atoms with E-state index in [-0.39, 0.29) is 35.2 Å². The number of halogens is 3. The van der Waals surface area contributed by atoms with E-state index in [4.69, 9.17) is 11.5 Å². The fraction of sp³-hybridized carbons (Fsp3) is 0.0588. The highest BCUT2D eigenvalue weighted by atomic mass is 19.1. The predicted octanol–water partition coefficient (Wildman–Crippen LogP) is 3.41. The maximum absolute atomic E-state index is 13.7. The summed E-state index contributed by atoms with van der Waals surface area (Å²) in [5.74, 6) is -1.59. The number of nitrogens with zero attached hydrogens (tertiary/aromatic N) is 2. The topological polar surface area (TPSA) is 102 Å². The second-order valence-electron chi connectivity index (χ2n) is 5.41. The molecule has 0 atom stereocenters. The molecule has 0 bridgehead atoms. The summed E-state index contributed by atoms with van der Waals surface area (Å²) < 4.78 is 40.7. The zero-order chi connectivity index (χ0) is 18.7. The predicted molar refractivity (Wildman–Crippen MR) is 94.2 cm³/mol. The van der Waals surface area contributed by atoms with Crippen molar-refractivity contribution in [3.63, 3.8) is 0 Å². The first-order chi connectivity index (χ1) is 12.4. The average molecular weight is 360 g/mol. The van der Waals surface area contributed by atoms with Gasteiger partial charge in [-0.15, -0.1) is 0 Å². The maximum atomic E-state index is 13.7. The van der Waals surface area contributed by atoms with Gasteiger partial charge in [-0.1, -0.05) is 6.07 Å². The van der Waals surface area contributed by atoms with Crippen LogP contribution in [-0.4, -0.2) is 9.97 Å². The molecule has 0 spiro atoms. The van der Waals surface area contributed by atoms with E-state index in [1.54, 1.807) is 0 Å². The molecule has 0 saturated carbocycles. The van der Waals surface area contributed by atoms with Crippen LogP contribution in [0.2, 0.25) is 0 Å². The van der Waals surface area contributed by atoms with Crippen LogP contribution in [0, 0.1) is 17.5 Å². The van der Waals surface area contributed by atoms with E-state index in [1.807, 2.05) is 0 Å². The summed E-state index contributed by atoms with van der Waals surface area (Å²) in [6, 6.07) is 7.40. The molecular formula is C17H15F3N6. The number of nitrogens with one attached hydrogen (secondary N) is 2. The molecule has 0 aliphatic heterocycles. The molecule has 0 radical (unpaired) electrons. The molecule has 1 aromatic heterocycles. The molecule has 9 heteroatoms. The average Bonchev–Trinajstić information content (AvgIpc) is 2.60. The molecule has 26 heavy (non-hydrogen) atoms. The number of hydrogen-bond acceptors (Lipinski definition) is 6. The molecule has 0 aliphatic carbocycles. The molecule has 0 fully saturated rings. The van der Waals surface area contributed by atoms with Gasteiger partial charge in [0.05, 0.1) is 23.3 Å². The van der Waals surface area contributed by atoms with Crippen LogP contribution < -0.4 is 22.1 Å². The van der Waals surface area contributed by atoms with Gasteiger partial charge in [-0.05, 0) is 30.3 Å². The number of hydrogen-bond donors (Lipinski definition) is 4. The Bertz CT molecular complexity index is 928. The van der Waals surface area contributed by atoms with Gasteiger partial charge < -0.3 is 22.1 Å². The third-order valence-electron chi connectivity index (χ3n) is 3.57. The molecule has 0 aliphatic rings. The zero-order valence-corrected chi connectivity index (χ0v) is 13.4. The molecule has 6 N–H and O–H groups in total. The van der Waals surface area contributed by atoms with Gasteiger partial charge in [0, 0.05) is 12.1 Å². The van der Waals surface area contributed by atoms with Gasteiger partial charge in [0.2, 0.25) is 5.95 Å². The number of benzene rings is 2. The van der Waals surface area contributed by atoms with E-state index < -0.39 is 17.5 Å². The smallest absolute Gasteiger partial charge is 0.229 e. The normalized spacial score (nSPS) is 10.6. The molecule has 6 nitrogen and oxygen atoms in total. The van der Waals surface area contributed by atoms with Gasteiger partial charge in [-0.25, -0.2) is 18.2 Å². The van der Waals surface area contributed by atoms with Gasteiger partial charge in [-0.2, -0.15) is 4.98 Å². The van der Waals surface area contributed by atoms with E-state index in [2.05, 4.69) is 20.6 Å². The van der Waals surface area contributed by atoms with Gasteiger partial charge in [0.25, 0.3) is 0 Å². The van der Waals surface area contributed by atoms with E-state index in [0.717, 1.165) is 12.1 Å². The minimum atomic E-state index is -0.684. The Morgan fingerprint density at radius 3 is 2.42 bits per heavy atom. The Morgan fingerprint density at radius 2 is 1.69 bits per heavy atom. The number of rotatable bonds is 5. The summed E-state index contributed by atoms with van der Waals surface area (Å²) in [6.45, 7) is -0.165. The van der Waals surface area contributed by atoms with Crippen LogP contribution in [0.4, 0.5) is 42.0 Å². The Balaban J connectivity index is 1.80. The second kappa shape index (κ2) is 7.18. The Hall–Kier alpha value is -3.49. The molecule has 1 heterocycles. The maximum Gasteiger partial charge on any atom is 0.229 e. The molecule has 0 saturated heterocycles. The Morgan fingerprint density at radius 1 is 0.962 bits per heavy atom. The molecule has 3 aromatic rings. The van der Waals surface area contributed by atoms with Crippen molar-refractivity contribution in [2.45, 2.75) is 6.54 Å². The molecule has 2 aromatic carbocycles. The highest BCUT2D eigenvalue weighted by Gasteiger charge is 2.11. The quantitative estimate of drug-likeness (QED) is 0.520. The summed E-state index contributed by atoms with van der Waals surface area (Å²) in [7, 11) is 0. The molecule has 134 valence electrons. The molecule has 0 amide bonds. The summed E-state index contributed by atoms with van der Waals surface area (Å²) >= 11 is 0.